The van der Waals surface area contributed by atoms with Crippen molar-refractivity contribution in [3.8, 4) is 0 Å². The minimum atomic E-state index is 0.140. The fourth-order valence-electron chi connectivity index (χ4n) is 1.68. The average Bonchev–Trinajstić information content (AvgIpc) is 2.18. The van der Waals surface area contributed by atoms with Crippen molar-refractivity contribution in [3.63, 3.8) is 0 Å². The molecule has 0 saturated heterocycles. The first-order valence-corrected chi connectivity index (χ1v) is 7.25. The Morgan fingerprint density at radius 2 is 2.25 bits per heavy atom. The third-order valence-corrected chi connectivity index (χ3v) is 4.37. The van der Waals surface area contributed by atoms with Gasteiger partial charge in [-0.1, -0.05) is 15.9 Å². The SMILES string of the molecule is O=C(Cc1cc(Br)ccc1I)NC1CCC1. The molecule has 2 rings (SSSR count). The first kappa shape index (κ1) is 12.4. The lowest BCUT2D eigenvalue weighted by Crippen LogP contribution is -2.40. The maximum atomic E-state index is 11.7. The van der Waals surface area contributed by atoms with E-state index in [4.69, 9.17) is 0 Å². The summed E-state index contributed by atoms with van der Waals surface area (Å²) in [6.07, 6.45) is 4.01. The summed E-state index contributed by atoms with van der Waals surface area (Å²) < 4.78 is 2.17. The molecule has 1 fully saturated rings. The normalized spacial score (nSPS) is 15.6. The highest BCUT2D eigenvalue weighted by Crippen LogP contribution is 2.20. The Hall–Kier alpha value is -0.100. The molecular formula is C12H13BrINO. The van der Waals surface area contributed by atoms with Gasteiger partial charge in [0.2, 0.25) is 5.91 Å². The number of carbonyl (C=O) groups is 1. The average molecular weight is 394 g/mol. The van der Waals surface area contributed by atoms with Gasteiger partial charge in [-0.15, -0.1) is 0 Å². The predicted molar refractivity (Wildman–Crippen MR) is 76.3 cm³/mol. The quantitative estimate of drug-likeness (QED) is 0.784. The lowest BCUT2D eigenvalue weighted by atomic mass is 9.93. The predicted octanol–water partition coefficient (Wildman–Crippen LogP) is 3.26. The number of halogens is 2. The number of hydrogen-bond acceptors (Lipinski definition) is 1. The third-order valence-electron chi connectivity index (χ3n) is 2.83. The van der Waals surface area contributed by atoms with Crippen LogP contribution >= 0.6 is 38.5 Å². The van der Waals surface area contributed by atoms with Crippen molar-refractivity contribution in [1.82, 2.24) is 5.32 Å². The van der Waals surface area contributed by atoms with Crippen LogP contribution in [0.1, 0.15) is 24.8 Å². The maximum absolute atomic E-state index is 11.7. The Balaban J connectivity index is 1.96. The Bertz CT molecular complexity index is 404. The molecule has 1 N–H and O–H groups in total. The van der Waals surface area contributed by atoms with Gasteiger partial charge in [0.05, 0.1) is 6.42 Å². The highest BCUT2D eigenvalue weighted by Gasteiger charge is 2.19. The van der Waals surface area contributed by atoms with Crippen LogP contribution in [0.25, 0.3) is 0 Å². The smallest absolute Gasteiger partial charge is 0.224 e. The van der Waals surface area contributed by atoms with Gasteiger partial charge in [0.15, 0.2) is 0 Å². The highest BCUT2D eigenvalue weighted by atomic mass is 127. The van der Waals surface area contributed by atoms with Crippen LogP contribution in [-0.2, 0) is 11.2 Å². The van der Waals surface area contributed by atoms with Crippen molar-refractivity contribution in [1.29, 1.82) is 0 Å². The summed E-state index contributed by atoms with van der Waals surface area (Å²) in [5.74, 6) is 0.140. The van der Waals surface area contributed by atoms with Gasteiger partial charge in [0, 0.05) is 14.1 Å². The Morgan fingerprint density at radius 1 is 1.50 bits per heavy atom. The number of hydrogen-bond donors (Lipinski definition) is 1. The van der Waals surface area contributed by atoms with E-state index in [0.29, 0.717) is 12.5 Å². The van der Waals surface area contributed by atoms with Gasteiger partial charge in [0.25, 0.3) is 0 Å². The van der Waals surface area contributed by atoms with Crippen molar-refractivity contribution < 1.29 is 4.79 Å². The summed E-state index contributed by atoms with van der Waals surface area (Å²) in [5, 5.41) is 3.05. The van der Waals surface area contributed by atoms with Crippen LogP contribution in [0.4, 0.5) is 0 Å². The molecule has 0 unspecified atom stereocenters. The Labute approximate surface area is 117 Å². The molecule has 0 radical (unpaired) electrons. The van der Waals surface area contributed by atoms with Crippen molar-refractivity contribution >= 4 is 44.4 Å². The molecule has 1 amide bonds. The first-order valence-electron chi connectivity index (χ1n) is 5.38. The molecule has 86 valence electrons. The number of rotatable bonds is 3. The minimum absolute atomic E-state index is 0.140. The molecule has 1 aliphatic rings. The summed E-state index contributed by atoms with van der Waals surface area (Å²) in [5.41, 5.74) is 1.09. The number of amides is 1. The van der Waals surface area contributed by atoms with E-state index >= 15 is 0 Å². The first-order chi connectivity index (χ1) is 7.65. The van der Waals surface area contributed by atoms with E-state index in [-0.39, 0.29) is 5.91 Å². The van der Waals surface area contributed by atoms with Gasteiger partial charge in [-0.2, -0.15) is 0 Å². The van der Waals surface area contributed by atoms with Gasteiger partial charge < -0.3 is 5.32 Å². The highest BCUT2D eigenvalue weighted by molar-refractivity contribution is 14.1. The van der Waals surface area contributed by atoms with Gasteiger partial charge in [-0.3, -0.25) is 4.79 Å². The molecule has 1 saturated carbocycles. The summed E-state index contributed by atoms with van der Waals surface area (Å²) in [4.78, 5) is 11.7. The molecule has 1 aromatic carbocycles. The van der Waals surface area contributed by atoms with Crippen LogP contribution in [-0.4, -0.2) is 11.9 Å². The van der Waals surface area contributed by atoms with Crippen LogP contribution < -0.4 is 5.32 Å². The van der Waals surface area contributed by atoms with Gasteiger partial charge in [-0.05, 0) is 65.6 Å². The van der Waals surface area contributed by atoms with E-state index in [9.17, 15) is 4.79 Å². The van der Waals surface area contributed by atoms with Crippen LogP contribution in [0.3, 0.4) is 0 Å². The molecule has 0 aromatic heterocycles. The van der Waals surface area contributed by atoms with E-state index < -0.39 is 0 Å². The second-order valence-corrected chi connectivity index (χ2v) is 6.19. The van der Waals surface area contributed by atoms with Crippen LogP contribution in [0.2, 0.25) is 0 Å². The van der Waals surface area contributed by atoms with E-state index in [1.54, 1.807) is 0 Å². The lowest BCUT2D eigenvalue weighted by molar-refractivity contribution is -0.121. The monoisotopic (exact) mass is 393 g/mol. The molecule has 4 heteroatoms. The zero-order valence-corrected chi connectivity index (χ0v) is 12.5. The molecule has 0 aliphatic heterocycles. The second kappa shape index (κ2) is 5.49. The summed E-state index contributed by atoms with van der Waals surface area (Å²) in [6, 6.07) is 6.46. The van der Waals surface area contributed by atoms with Crippen LogP contribution in [0.5, 0.6) is 0 Å². The van der Waals surface area contributed by atoms with E-state index in [0.717, 1.165) is 26.4 Å². The molecule has 0 atom stereocenters. The van der Waals surface area contributed by atoms with Gasteiger partial charge in [0.1, 0.15) is 0 Å². The molecule has 1 aromatic rings. The molecule has 2 nitrogen and oxygen atoms in total. The van der Waals surface area contributed by atoms with E-state index in [1.165, 1.54) is 6.42 Å². The fourth-order valence-corrected chi connectivity index (χ4v) is 2.62. The summed E-state index contributed by atoms with van der Waals surface area (Å²) >= 11 is 5.69. The summed E-state index contributed by atoms with van der Waals surface area (Å²) in [7, 11) is 0. The maximum Gasteiger partial charge on any atom is 0.224 e. The number of nitrogens with one attached hydrogen (secondary N) is 1. The van der Waals surface area contributed by atoms with Crippen molar-refractivity contribution in [3.05, 3.63) is 31.8 Å². The standard InChI is InChI=1S/C12H13BrINO/c13-9-4-5-11(14)8(6-9)7-12(16)15-10-2-1-3-10/h4-6,10H,1-3,7H2,(H,15,16). The third kappa shape index (κ3) is 3.20. The molecule has 16 heavy (non-hydrogen) atoms. The summed E-state index contributed by atoms with van der Waals surface area (Å²) in [6.45, 7) is 0. The zero-order valence-electron chi connectivity index (χ0n) is 8.80. The molecular weight excluding hydrogens is 381 g/mol. The van der Waals surface area contributed by atoms with Gasteiger partial charge >= 0.3 is 0 Å². The van der Waals surface area contributed by atoms with E-state index in [1.807, 2.05) is 18.2 Å². The van der Waals surface area contributed by atoms with Crippen LogP contribution in [0.15, 0.2) is 22.7 Å². The second-order valence-electron chi connectivity index (χ2n) is 4.11. The minimum Gasteiger partial charge on any atom is -0.353 e. The van der Waals surface area contributed by atoms with Crippen LogP contribution in [0, 0.1) is 3.57 Å². The molecule has 0 bridgehead atoms. The topological polar surface area (TPSA) is 29.1 Å². The molecule has 0 spiro atoms. The van der Waals surface area contributed by atoms with Crippen molar-refractivity contribution in [2.24, 2.45) is 0 Å². The van der Waals surface area contributed by atoms with E-state index in [2.05, 4.69) is 43.8 Å². The Kier molecular flexibility index (Phi) is 4.24. The number of benzene rings is 1. The lowest BCUT2D eigenvalue weighted by Gasteiger charge is -2.26. The van der Waals surface area contributed by atoms with Gasteiger partial charge in [-0.25, -0.2) is 0 Å². The largest absolute Gasteiger partial charge is 0.353 e. The van der Waals surface area contributed by atoms with Crippen molar-refractivity contribution in [2.45, 2.75) is 31.7 Å². The fraction of sp³-hybridized carbons (Fsp3) is 0.417. The zero-order chi connectivity index (χ0) is 11.5. The molecule has 1 aliphatic carbocycles. The number of carbonyl (C=O) groups excluding carboxylic acids is 1. The van der Waals surface area contributed by atoms with Crippen molar-refractivity contribution in [2.75, 3.05) is 0 Å². The Morgan fingerprint density at radius 3 is 2.88 bits per heavy atom. The molecule has 0 heterocycles.